The summed E-state index contributed by atoms with van der Waals surface area (Å²) in [5.74, 6) is -0.210. The van der Waals surface area contributed by atoms with Gasteiger partial charge in [0.2, 0.25) is 0 Å². The minimum absolute atomic E-state index is 0.0875. The maximum Gasteiger partial charge on any atom is 0.321 e. The van der Waals surface area contributed by atoms with Crippen LogP contribution in [0.4, 0.5) is 0 Å². The maximum atomic E-state index is 13.2. The first-order chi connectivity index (χ1) is 12.1. The summed E-state index contributed by atoms with van der Waals surface area (Å²) < 4.78 is 5.92. The molecule has 0 saturated carbocycles. The van der Waals surface area contributed by atoms with E-state index in [2.05, 4.69) is 0 Å². The van der Waals surface area contributed by atoms with Crippen molar-refractivity contribution in [2.24, 2.45) is 0 Å². The summed E-state index contributed by atoms with van der Waals surface area (Å²) in [5, 5.41) is 7.32. The molecule has 3 rings (SSSR count). The number of nitrogens with zero attached hydrogens (tertiary/aromatic N) is 1. The second-order valence-electron chi connectivity index (χ2n) is 6.63. The lowest BCUT2D eigenvalue weighted by Gasteiger charge is -2.34. The van der Waals surface area contributed by atoms with Crippen molar-refractivity contribution >= 4 is 12.3 Å². The van der Waals surface area contributed by atoms with Crippen LogP contribution in [0.15, 0.2) is 60.7 Å². The smallest absolute Gasteiger partial charge is 0.321 e. The summed E-state index contributed by atoms with van der Waals surface area (Å²) in [4.78, 5) is 15.1. The number of hydrogen-bond acceptors (Lipinski definition) is 3. The third-order valence-corrected chi connectivity index (χ3v) is 5.04. The standard InChI is InChI=1S/C21H24N2O2/c1-21(17-8-4-2-5-9-17,18-10-6-3-7-11-18)20(24)25-19-12-14-23(16-22)15-13-19/h2-11,16,19,22H,12-15H2,1H3. The van der Waals surface area contributed by atoms with E-state index in [0.717, 1.165) is 37.1 Å². The normalized spacial score (nSPS) is 15.6. The highest BCUT2D eigenvalue weighted by molar-refractivity contribution is 5.87. The number of carbonyl (C=O) groups excluding carboxylic acids is 1. The van der Waals surface area contributed by atoms with Crippen molar-refractivity contribution in [1.29, 1.82) is 5.41 Å². The molecule has 0 atom stereocenters. The fourth-order valence-electron chi connectivity index (χ4n) is 3.34. The van der Waals surface area contributed by atoms with Gasteiger partial charge in [-0.25, -0.2) is 0 Å². The van der Waals surface area contributed by atoms with Gasteiger partial charge < -0.3 is 9.64 Å². The summed E-state index contributed by atoms with van der Waals surface area (Å²) in [6.45, 7) is 3.45. The van der Waals surface area contributed by atoms with Crippen LogP contribution >= 0.6 is 0 Å². The van der Waals surface area contributed by atoms with Gasteiger partial charge in [0.25, 0.3) is 0 Å². The molecule has 1 aliphatic heterocycles. The molecule has 0 aromatic heterocycles. The fourth-order valence-corrected chi connectivity index (χ4v) is 3.34. The number of nitrogens with one attached hydrogen (secondary N) is 1. The lowest BCUT2D eigenvalue weighted by atomic mass is 9.76. The van der Waals surface area contributed by atoms with E-state index in [1.54, 1.807) is 0 Å². The van der Waals surface area contributed by atoms with Gasteiger partial charge in [-0.05, 0) is 18.1 Å². The Balaban J connectivity index is 1.85. The van der Waals surface area contributed by atoms with E-state index in [0.29, 0.717) is 0 Å². The largest absolute Gasteiger partial charge is 0.461 e. The summed E-state index contributed by atoms with van der Waals surface area (Å²) in [6.07, 6.45) is 2.80. The zero-order chi connectivity index (χ0) is 17.7. The summed E-state index contributed by atoms with van der Waals surface area (Å²) in [6, 6.07) is 19.6. The Kier molecular flexibility index (Phi) is 5.17. The average molecular weight is 336 g/mol. The van der Waals surface area contributed by atoms with Gasteiger partial charge in [-0.1, -0.05) is 60.7 Å². The van der Waals surface area contributed by atoms with Crippen LogP contribution in [0.2, 0.25) is 0 Å². The highest BCUT2D eigenvalue weighted by atomic mass is 16.5. The first kappa shape index (κ1) is 17.2. The van der Waals surface area contributed by atoms with Crippen LogP contribution in [0, 0.1) is 5.41 Å². The van der Waals surface area contributed by atoms with Crippen LogP contribution in [0.25, 0.3) is 0 Å². The Hall–Kier alpha value is -2.62. The molecule has 0 amide bonds. The molecule has 4 heteroatoms. The quantitative estimate of drug-likeness (QED) is 0.515. The summed E-state index contributed by atoms with van der Waals surface area (Å²) in [5.41, 5.74) is 1.03. The van der Waals surface area contributed by atoms with E-state index in [1.807, 2.05) is 72.5 Å². The Morgan fingerprint density at radius 1 is 1.04 bits per heavy atom. The highest BCUT2D eigenvalue weighted by Crippen LogP contribution is 2.34. The van der Waals surface area contributed by atoms with Crippen LogP contribution in [-0.2, 0) is 14.9 Å². The molecule has 0 radical (unpaired) electrons. The van der Waals surface area contributed by atoms with Gasteiger partial charge >= 0.3 is 5.97 Å². The lowest BCUT2D eigenvalue weighted by molar-refractivity contribution is -0.155. The van der Waals surface area contributed by atoms with E-state index >= 15 is 0 Å². The third kappa shape index (κ3) is 3.58. The van der Waals surface area contributed by atoms with Crippen molar-refractivity contribution in [1.82, 2.24) is 4.90 Å². The average Bonchev–Trinajstić information content (AvgIpc) is 2.69. The number of benzene rings is 2. The van der Waals surface area contributed by atoms with Crippen LogP contribution < -0.4 is 0 Å². The third-order valence-electron chi connectivity index (χ3n) is 5.04. The first-order valence-electron chi connectivity index (χ1n) is 8.71. The molecule has 1 heterocycles. The van der Waals surface area contributed by atoms with Gasteiger partial charge in [-0.3, -0.25) is 10.2 Å². The van der Waals surface area contributed by atoms with Gasteiger partial charge in [-0.2, -0.15) is 0 Å². The molecule has 1 saturated heterocycles. The molecule has 1 N–H and O–H groups in total. The van der Waals surface area contributed by atoms with Crippen molar-refractivity contribution < 1.29 is 9.53 Å². The number of ether oxygens (including phenoxy) is 1. The van der Waals surface area contributed by atoms with Crippen LogP contribution in [-0.4, -0.2) is 36.4 Å². The van der Waals surface area contributed by atoms with Crippen molar-refractivity contribution in [3.05, 3.63) is 71.8 Å². The summed E-state index contributed by atoms with van der Waals surface area (Å²) in [7, 11) is 0. The number of esters is 1. The Labute approximate surface area is 148 Å². The van der Waals surface area contributed by atoms with Gasteiger partial charge in [0.15, 0.2) is 0 Å². The number of likely N-dealkylation sites (tertiary alicyclic amines) is 1. The minimum atomic E-state index is -0.832. The predicted molar refractivity (Wildman–Crippen MR) is 98.8 cm³/mol. The van der Waals surface area contributed by atoms with E-state index in [9.17, 15) is 4.79 Å². The molecule has 1 fully saturated rings. The Morgan fingerprint density at radius 3 is 1.96 bits per heavy atom. The Bertz CT molecular complexity index is 668. The molecule has 130 valence electrons. The first-order valence-corrected chi connectivity index (χ1v) is 8.71. The topological polar surface area (TPSA) is 53.4 Å². The molecule has 4 nitrogen and oxygen atoms in total. The molecule has 25 heavy (non-hydrogen) atoms. The van der Waals surface area contributed by atoms with Crippen LogP contribution in [0.3, 0.4) is 0 Å². The van der Waals surface area contributed by atoms with Gasteiger partial charge in [0, 0.05) is 25.9 Å². The number of hydrogen-bond donors (Lipinski definition) is 1. The van der Waals surface area contributed by atoms with Crippen molar-refractivity contribution in [2.75, 3.05) is 13.1 Å². The van der Waals surface area contributed by atoms with Crippen molar-refractivity contribution in [3.63, 3.8) is 0 Å². The zero-order valence-corrected chi connectivity index (χ0v) is 14.5. The van der Waals surface area contributed by atoms with E-state index < -0.39 is 5.41 Å². The van der Waals surface area contributed by atoms with Crippen LogP contribution in [0.5, 0.6) is 0 Å². The molecule has 0 bridgehead atoms. The monoisotopic (exact) mass is 336 g/mol. The van der Waals surface area contributed by atoms with E-state index in [-0.39, 0.29) is 12.1 Å². The molecule has 2 aromatic carbocycles. The number of rotatable bonds is 5. The molecule has 0 aliphatic carbocycles. The van der Waals surface area contributed by atoms with E-state index in [1.165, 1.54) is 6.34 Å². The van der Waals surface area contributed by atoms with Crippen LogP contribution in [0.1, 0.15) is 30.9 Å². The molecule has 0 spiro atoms. The highest BCUT2D eigenvalue weighted by Gasteiger charge is 2.40. The molecule has 2 aromatic rings. The Morgan fingerprint density at radius 2 is 1.52 bits per heavy atom. The minimum Gasteiger partial charge on any atom is -0.461 e. The van der Waals surface area contributed by atoms with E-state index in [4.69, 9.17) is 10.1 Å². The second kappa shape index (κ2) is 7.51. The molecular weight excluding hydrogens is 312 g/mol. The molecule has 0 unspecified atom stereocenters. The van der Waals surface area contributed by atoms with Gasteiger partial charge in [0.1, 0.15) is 11.5 Å². The number of carbonyl (C=O) groups is 1. The van der Waals surface area contributed by atoms with Crippen molar-refractivity contribution in [3.8, 4) is 0 Å². The van der Waals surface area contributed by atoms with Crippen molar-refractivity contribution in [2.45, 2.75) is 31.3 Å². The fraction of sp³-hybridized carbons (Fsp3) is 0.333. The molecular formula is C21H24N2O2. The summed E-state index contributed by atoms with van der Waals surface area (Å²) >= 11 is 0. The predicted octanol–water partition coefficient (Wildman–Crippen LogP) is 3.61. The SMILES string of the molecule is CC(C(=O)OC1CCN(C=N)CC1)(c1ccccc1)c1ccccc1. The van der Waals surface area contributed by atoms with Gasteiger partial charge in [-0.15, -0.1) is 0 Å². The molecule has 1 aliphatic rings. The lowest BCUT2D eigenvalue weighted by Crippen LogP contribution is -2.42. The van der Waals surface area contributed by atoms with Gasteiger partial charge in [0.05, 0.1) is 6.34 Å². The zero-order valence-electron chi connectivity index (χ0n) is 14.5. The maximum absolute atomic E-state index is 13.2. The number of piperidine rings is 1. The second-order valence-corrected chi connectivity index (χ2v) is 6.63.